The fraction of sp³-hybridized carbons (Fsp3) is 0.455. The van der Waals surface area contributed by atoms with Gasteiger partial charge in [-0.3, -0.25) is 0 Å². The Balaban J connectivity index is 0.000000159. The number of aryl methyl sites for hydroxylation is 2. The van der Waals surface area contributed by atoms with Crippen molar-refractivity contribution in [2.24, 2.45) is 23.7 Å². The molecule has 4 fully saturated rings. The number of hydrogen-bond acceptors (Lipinski definition) is 4. The molecule has 0 aromatic heterocycles. The fourth-order valence-electron chi connectivity index (χ4n) is 8.52. The van der Waals surface area contributed by atoms with Gasteiger partial charge in [-0.05, 0) is 98.8 Å². The van der Waals surface area contributed by atoms with Crippen molar-refractivity contribution >= 4 is 15.9 Å². The Morgan fingerprint density at radius 1 is 0.653 bits per heavy atom. The van der Waals surface area contributed by atoms with Crippen molar-refractivity contribution in [2.75, 3.05) is 51.3 Å². The molecule has 8 rings (SSSR count). The van der Waals surface area contributed by atoms with E-state index in [2.05, 4.69) is 102 Å². The monoisotopic (exact) mass is 724 g/mol. The van der Waals surface area contributed by atoms with Gasteiger partial charge in [0, 0.05) is 37.2 Å². The second-order valence-electron chi connectivity index (χ2n) is 14.9. The number of nitrogens with zero attached hydrogens (tertiary/aromatic N) is 1. The van der Waals surface area contributed by atoms with Gasteiger partial charge in [-0.2, -0.15) is 0 Å². The molecule has 4 aliphatic rings. The second-order valence-corrected chi connectivity index (χ2v) is 15.7. The summed E-state index contributed by atoms with van der Waals surface area (Å²) in [4.78, 5) is 2.63. The highest BCUT2D eigenvalue weighted by molar-refractivity contribution is 9.09. The van der Waals surface area contributed by atoms with Crippen molar-refractivity contribution in [3.8, 4) is 11.5 Å². The molecule has 1 N–H and O–H groups in total. The number of likely N-dealkylation sites (tertiary alicyclic amines) is 1. The third kappa shape index (κ3) is 8.44. The zero-order valence-electron chi connectivity index (χ0n) is 29.9. The van der Waals surface area contributed by atoms with E-state index in [-0.39, 0.29) is 1.43 Å². The quantitative estimate of drug-likeness (QED) is 0.123. The lowest BCUT2D eigenvalue weighted by atomic mass is 9.91. The number of rotatable bonds is 11. The van der Waals surface area contributed by atoms with Crippen LogP contribution in [0.4, 0.5) is 0 Å². The number of fused-ring (bicyclic) bond motifs is 2. The Labute approximate surface area is 305 Å². The summed E-state index contributed by atoms with van der Waals surface area (Å²) in [7, 11) is 0. The van der Waals surface area contributed by atoms with Gasteiger partial charge in [-0.1, -0.05) is 126 Å². The highest BCUT2D eigenvalue weighted by atomic mass is 79.9. The van der Waals surface area contributed by atoms with Gasteiger partial charge in [0.05, 0.1) is 13.2 Å². The minimum Gasteiger partial charge on any atom is -0.494 e. The number of ether oxygens (including phenoxy) is 2. The van der Waals surface area contributed by atoms with Crippen LogP contribution < -0.4 is 14.8 Å². The standard InChI is InChI=1S/C22H27NO.C13H17N.C9H11BrO.H2/c1-17-8-6-9-18(14-17)22(2)20-15-23(16-21(20)22)12-7-13-24-19-10-4-3-5-11-19;1-9-4-3-5-10(6-9)13(2)11-7-14-8-12(11)13;10-7-4-8-11-9-5-2-1-3-6-9;/h3-6,8-11,14,20-21H,7,12-13,15-16H2,1-2H3;3-6,11-12,14H,7-8H2,1-2H3;1-3,5-6H,4,7-8H2;1H. The van der Waals surface area contributed by atoms with Crippen LogP contribution in [0.5, 0.6) is 11.5 Å². The Morgan fingerprint density at radius 3 is 1.59 bits per heavy atom. The molecule has 2 aliphatic heterocycles. The SMILES string of the molecule is BrCCCOc1ccccc1.Cc1cccc(C2(C)C3CN(CCCOc4ccccc4)CC32)c1.Cc1cccc(C2(C)C3CNCC32)c1.[HH]. The summed E-state index contributed by atoms with van der Waals surface area (Å²) in [5.41, 5.74) is 6.77. The van der Waals surface area contributed by atoms with E-state index in [0.29, 0.717) is 10.8 Å². The van der Waals surface area contributed by atoms with Crippen LogP contribution >= 0.6 is 15.9 Å². The summed E-state index contributed by atoms with van der Waals surface area (Å²) < 4.78 is 11.2. The van der Waals surface area contributed by atoms with E-state index in [4.69, 9.17) is 9.47 Å². The van der Waals surface area contributed by atoms with Crippen molar-refractivity contribution in [1.82, 2.24) is 10.2 Å². The molecule has 0 bridgehead atoms. The topological polar surface area (TPSA) is 33.7 Å². The molecule has 4 atom stereocenters. The van der Waals surface area contributed by atoms with Gasteiger partial charge >= 0.3 is 0 Å². The zero-order chi connectivity index (χ0) is 34.3. The molecule has 5 heteroatoms. The molecule has 0 radical (unpaired) electrons. The molecular weight excluding hydrogens is 668 g/mol. The summed E-state index contributed by atoms with van der Waals surface area (Å²) >= 11 is 3.34. The van der Waals surface area contributed by atoms with Gasteiger partial charge in [0.1, 0.15) is 11.5 Å². The molecule has 2 aliphatic carbocycles. The summed E-state index contributed by atoms with van der Waals surface area (Å²) in [5, 5.41) is 4.46. The molecule has 0 amide bonds. The van der Waals surface area contributed by atoms with Crippen LogP contribution in [-0.2, 0) is 10.8 Å². The number of piperidine rings is 2. The molecule has 0 spiro atoms. The smallest absolute Gasteiger partial charge is 0.119 e. The molecule has 4 nitrogen and oxygen atoms in total. The molecule has 4 unspecified atom stereocenters. The average Bonchev–Trinajstić information content (AvgIpc) is 3.59. The van der Waals surface area contributed by atoms with Gasteiger partial charge < -0.3 is 19.7 Å². The van der Waals surface area contributed by atoms with Crippen molar-refractivity contribution < 1.29 is 10.9 Å². The molecule has 2 heterocycles. The van der Waals surface area contributed by atoms with Crippen LogP contribution in [-0.4, -0.2) is 56.2 Å². The maximum Gasteiger partial charge on any atom is 0.119 e. The number of benzene rings is 4. The largest absolute Gasteiger partial charge is 0.494 e. The number of nitrogens with one attached hydrogen (secondary N) is 1. The van der Waals surface area contributed by atoms with E-state index in [1.807, 2.05) is 60.7 Å². The van der Waals surface area contributed by atoms with Gasteiger partial charge in [0.25, 0.3) is 0 Å². The molecule has 4 aromatic carbocycles. The molecule has 262 valence electrons. The summed E-state index contributed by atoms with van der Waals surface area (Å²) in [6.45, 7) is 17.0. The lowest BCUT2D eigenvalue weighted by molar-refractivity contribution is 0.237. The first-order chi connectivity index (χ1) is 23.8. The summed E-state index contributed by atoms with van der Waals surface area (Å²) in [5.74, 6) is 5.40. The lowest BCUT2D eigenvalue weighted by Gasteiger charge is -2.24. The van der Waals surface area contributed by atoms with Crippen LogP contribution in [0, 0.1) is 37.5 Å². The predicted molar refractivity (Wildman–Crippen MR) is 209 cm³/mol. The van der Waals surface area contributed by atoms with Crippen LogP contribution in [0.25, 0.3) is 0 Å². The first kappa shape index (κ1) is 35.7. The average molecular weight is 726 g/mol. The third-order valence-corrected chi connectivity index (χ3v) is 12.2. The number of alkyl halides is 1. The Morgan fingerprint density at radius 2 is 1.12 bits per heavy atom. The van der Waals surface area contributed by atoms with Crippen LogP contribution in [0.2, 0.25) is 0 Å². The van der Waals surface area contributed by atoms with Gasteiger partial charge in [-0.25, -0.2) is 0 Å². The van der Waals surface area contributed by atoms with Crippen LogP contribution in [0.3, 0.4) is 0 Å². The van der Waals surface area contributed by atoms with E-state index in [1.165, 1.54) is 37.3 Å². The number of para-hydroxylation sites is 2. The minimum atomic E-state index is 0. The molecule has 49 heavy (non-hydrogen) atoms. The Hall–Kier alpha value is -3.12. The van der Waals surface area contributed by atoms with Gasteiger partial charge in [0.2, 0.25) is 0 Å². The first-order valence-electron chi connectivity index (χ1n) is 18.3. The molecule has 2 saturated carbocycles. The predicted octanol–water partition coefficient (Wildman–Crippen LogP) is 9.48. The van der Waals surface area contributed by atoms with Crippen molar-refractivity contribution in [2.45, 2.75) is 51.4 Å². The van der Waals surface area contributed by atoms with Crippen molar-refractivity contribution in [1.29, 1.82) is 0 Å². The van der Waals surface area contributed by atoms with E-state index >= 15 is 0 Å². The molecule has 2 saturated heterocycles. The number of halogens is 1. The second kappa shape index (κ2) is 16.3. The minimum absolute atomic E-state index is 0. The molecule has 4 aromatic rings. The third-order valence-electron chi connectivity index (χ3n) is 11.7. The Kier molecular flexibility index (Phi) is 11.9. The maximum absolute atomic E-state index is 5.80. The van der Waals surface area contributed by atoms with E-state index in [9.17, 15) is 0 Å². The van der Waals surface area contributed by atoms with E-state index in [0.717, 1.165) is 73.1 Å². The lowest BCUT2D eigenvalue weighted by Crippen LogP contribution is -2.30. The Bertz CT molecular complexity index is 1600. The maximum atomic E-state index is 5.80. The first-order valence-corrected chi connectivity index (χ1v) is 19.4. The van der Waals surface area contributed by atoms with Gasteiger partial charge in [-0.15, -0.1) is 0 Å². The van der Waals surface area contributed by atoms with Crippen molar-refractivity contribution in [3.63, 3.8) is 0 Å². The van der Waals surface area contributed by atoms with Gasteiger partial charge in [0.15, 0.2) is 0 Å². The molecular formula is C44H57BrN2O2. The van der Waals surface area contributed by atoms with E-state index in [1.54, 1.807) is 11.1 Å². The highest BCUT2D eigenvalue weighted by Gasteiger charge is 2.65. The highest BCUT2D eigenvalue weighted by Crippen LogP contribution is 2.63. The van der Waals surface area contributed by atoms with Crippen molar-refractivity contribution in [3.05, 3.63) is 131 Å². The normalized spacial score (nSPS) is 27.4. The zero-order valence-corrected chi connectivity index (χ0v) is 31.5. The van der Waals surface area contributed by atoms with Crippen LogP contribution in [0.1, 0.15) is 50.4 Å². The summed E-state index contributed by atoms with van der Waals surface area (Å²) in [6.07, 6.45) is 2.16. The summed E-state index contributed by atoms with van der Waals surface area (Å²) in [6, 6.07) is 38.1. The van der Waals surface area contributed by atoms with E-state index < -0.39 is 0 Å². The number of hydrogen-bond donors (Lipinski definition) is 1. The van der Waals surface area contributed by atoms with Crippen LogP contribution in [0.15, 0.2) is 109 Å². The fourth-order valence-corrected chi connectivity index (χ4v) is 8.75.